The van der Waals surface area contributed by atoms with Gasteiger partial charge in [0.25, 0.3) is 0 Å². The van der Waals surface area contributed by atoms with E-state index in [1.54, 1.807) is 0 Å². The van der Waals surface area contributed by atoms with E-state index in [9.17, 15) is 44.0 Å². The van der Waals surface area contributed by atoms with E-state index in [0.717, 1.165) is 75.0 Å². The predicted octanol–water partition coefficient (Wildman–Crippen LogP) is 19.5. The molecule has 86 heavy (non-hydrogen) atoms. The average Bonchev–Trinajstić information content (AvgIpc) is 3.43. The molecule has 0 rings (SSSR count). The second kappa shape index (κ2) is 83.0. The van der Waals surface area contributed by atoms with Gasteiger partial charge in [-0.2, -0.15) is 0 Å². The van der Waals surface area contributed by atoms with Gasteiger partial charge in [0, 0.05) is 23.9 Å². The maximum absolute atomic E-state index is 10.5. The number of carbonyl (C=O) groups excluding carboxylic acids is 4. The van der Waals surface area contributed by atoms with E-state index in [-0.39, 0.29) is 47.4 Å². The summed E-state index contributed by atoms with van der Waals surface area (Å²) in [6, 6.07) is 0. The first-order chi connectivity index (χ1) is 40.8. The quantitative estimate of drug-likeness (QED) is 0.0452. The van der Waals surface area contributed by atoms with E-state index in [4.69, 9.17) is 9.90 Å². The molecule has 12 heteroatoms. The molecule has 0 amide bonds. The average molecular weight is 1260 g/mol. The summed E-state index contributed by atoms with van der Waals surface area (Å²) < 4.78 is 10.5. The van der Waals surface area contributed by atoms with Gasteiger partial charge in [0.05, 0.1) is 0 Å². The van der Waals surface area contributed by atoms with Crippen LogP contribution in [0.25, 0.3) is 0 Å². The third kappa shape index (κ3) is 116. The Morgan fingerprint density at radius 3 is 0.419 bits per heavy atom. The number of hydrogen-bond donors (Lipinski definition) is 1. The van der Waals surface area contributed by atoms with Crippen LogP contribution >= 0.6 is 0 Å². The zero-order valence-corrected chi connectivity index (χ0v) is 59.7. The van der Waals surface area contributed by atoms with E-state index >= 15 is 0 Å². The van der Waals surface area contributed by atoms with Gasteiger partial charge < -0.3 is 44.7 Å². The molecule has 0 aliphatic carbocycles. The number of halogens is 1. The Hall–Kier alpha value is -2.01. The molecule has 0 aliphatic rings. The van der Waals surface area contributed by atoms with Gasteiger partial charge in [0.15, 0.2) is 6.67 Å². The first-order valence-electron chi connectivity index (χ1n) is 36.3. The van der Waals surface area contributed by atoms with Crippen LogP contribution in [-0.4, -0.2) is 41.6 Å². The molecule has 0 radical (unpaired) electrons. The Morgan fingerprint density at radius 1 is 0.244 bits per heavy atom. The molecule has 0 aromatic carbocycles. The molecule has 0 aromatic heterocycles. The van der Waals surface area contributed by atoms with Crippen LogP contribution in [0.3, 0.4) is 0 Å². The zero-order chi connectivity index (χ0) is 64.5. The van der Waals surface area contributed by atoms with Crippen molar-refractivity contribution in [3.05, 3.63) is 0 Å². The molecular weight excluding hydrogens is 1120 g/mol. The second-order valence-corrected chi connectivity index (χ2v) is 26.7. The number of rotatable bonds is 61. The Balaban J connectivity index is -0.000000240. The van der Waals surface area contributed by atoms with Gasteiger partial charge in [-0.05, 0) is 75.0 Å². The van der Waals surface area contributed by atoms with Gasteiger partial charge in [-0.25, -0.2) is 9.18 Å². The first-order valence-corrected chi connectivity index (χ1v) is 36.3. The topological polar surface area (TPSA) is 198 Å². The molecule has 0 unspecified atom stereocenters. The maximum Gasteiger partial charge on any atom is 4.00 e. The van der Waals surface area contributed by atoms with Gasteiger partial charge >= 0.3 is 27.7 Å². The Morgan fingerprint density at radius 2 is 0.337 bits per heavy atom. The van der Waals surface area contributed by atoms with Crippen molar-refractivity contribution in [1.82, 2.24) is 0 Å². The summed E-state index contributed by atoms with van der Waals surface area (Å²) in [4.78, 5) is 49.9. The van der Waals surface area contributed by atoms with Crippen LogP contribution in [0.4, 0.5) is 4.39 Å². The molecule has 0 bridgehead atoms. The summed E-state index contributed by atoms with van der Waals surface area (Å²) >= 11 is 0. The number of carbonyl (C=O) groups is 5. The number of carboxylic acids is 5. The molecule has 0 fully saturated rings. The summed E-state index contributed by atoms with van der Waals surface area (Å²) in [6.45, 7) is 17.2. The SMILES string of the molecule is CC(C)CCCCCCCCCCCCCCC(=O)[O-].CC(C)CCCCCCCCCCCCCCC(=O)[O-].CC(C)CCCCCCCCCCCCCCC(=O)[O-].CC(C)CCCCCCCCCCCCCCC(=O)[O-].O=C(O)CF.[Ti+4]. The maximum atomic E-state index is 10.5. The Kier molecular flexibility index (Phi) is 91.8. The Bertz CT molecular complexity index is 1160. The number of carboxylic acid groups (broad SMARTS) is 5. The smallest absolute Gasteiger partial charge is 0.550 e. The number of aliphatic carboxylic acids is 5. The summed E-state index contributed by atoms with van der Waals surface area (Å²) in [7, 11) is 0. The molecule has 0 spiro atoms. The minimum absolute atomic E-state index is 0. The Labute approximate surface area is 547 Å². The van der Waals surface area contributed by atoms with E-state index < -0.39 is 36.5 Å². The van der Waals surface area contributed by atoms with Crippen LogP contribution in [0.5, 0.6) is 0 Å². The van der Waals surface area contributed by atoms with Gasteiger partial charge in [-0.15, -0.1) is 0 Å². The molecule has 0 saturated carbocycles. The third-order valence-electron chi connectivity index (χ3n) is 15.8. The molecular formula is C74H143FO10Ti. The van der Waals surface area contributed by atoms with Gasteiger partial charge in [0.1, 0.15) is 0 Å². The minimum Gasteiger partial charge on any atom is -0.550 e. The van der Waals surface area contributed by atoms with Crippen molar-refractivity contribution in [1.29, 1.82) is 0 Å². The largest absolute Gasteiger partial charge is 4.00 e. The van der Waals surface area contributed by atoms with Crippen LogP contribution in [0.15, 0.2) is 0 Å². The number of alkyl halides is 1. The van der Waals surface area contributed by atoms with E-state index in [0.29, 0.717) is 0 Å². The molecule has 0 saturated heterocycles. The number of hydrogen-bond acceptors (Lipinski definition) is 9. The molecule has 0 heterocycles. The minimum atomic E-state index is -1.41. The van der Waals surface area contributed by atoms with Crippen molar-refractivity contribution in [2.45, 2.75) is 415 Å². The normalized spacial score (nSPS) is 10.8. The fourth-order valence-corrected chi connectivity index (χ4v) is 10.4. The molecule has 1 N–H and O–H groups in total. The first kappa shape index (κ1) is 95.1. The van der Waals surface area contributed by atoms with Crippen molar-refractivity contribution >= 4 is 29.8 Å². The van der Waals surface area contributed by atoms with E-state index in [1.165, 1.54) is 283 Å². The van der Waals surface area contributed by atoms with Crippen molar-refractivity contribution in [2.75, 3.05) is 6.67 Å². The van der Waals surface area contributed by atoms with Crippen molar-refractivity contribution in [3.63, 3.8) is 0 Å². The van der Waals surface area contributed by atoms with Crippen LogP contribution in [0.2, 0.25) is 0 Å². The third-order valence-corrected chi connectivity index (χ3v) is 15.8. The van der Waals surface area contributed by atoms with Crippen LogP contribution in [-0.2, 0) is 45.7 Å². The van der Waals surface area contributed by atoms with Crippen LogP contribution in [0, 0.1) is 23.7 Å². The fourth-order valence-electron chi connectivity index (χ4n) is 10.4. The van der Waals surface area contributed by atoms with Gasteiger partial charge in [-0.3, -0.25) is 0 Å². The van der Waals surface area contributed by atoms with Crippen molar-refractivity contribution in [2.24, 2.45) is 23.7 Å². The second-order valence-electron chi connectivity index (χ2n) is 26.7. The monoisotopic (exact) mass is 1260 g/mol. The fraction of sp³-hybridized carbons (Fsp3) is 0.932. The summed E-state index contributed by atoms with van der Waals surface area (Å²) in [5, 5.41) is 48.2. The van der Waals surface area contributed by atoms with E-state index in [1.807, 2.05) is 0 Å². The van der Waals surface area contributed by atoms with Crippen molar-refractivity contribution < 1.29 is 75.6 Å². The summed E-state index contributed by atoms with van der Waals surface area (Å²) in [6.07, 6.45) is 68.0. The molecule has 0 aromatic rings. The van der Waals surface area contributed by atoms with Crippen molar-refractivity contribution in [3.8, 4) is 0 Å². The molecule has 10 nitrogen and oxygen atoms in total. The predicted molar refractivity (Wildman–Crippen MR) is 352 cm³/mol. The summed E-state index contributed by atoms with van der Waals surface area (Å²) in [5.41, 5.74) is 0. The zero-order valence-electron chi connectivity index (χ0n) is 58.1. The van der Waals surface area contributed by atoms with Crippen LogP contribution in [0.1, 0.15) is 415 Å². The van der Waals surface area contributed by atoms with Crippen LogP contribution < -0.4 is 20.4 Å². The molecule has 0 atom stereocenters. The summed E-state index contributed by atoms with van der Waals surface area (Å²) in [5.74, 6) is -1.58. The number of unbranched alkanes of at least 4 members (excludes halogenated alkanes) is 44. The van der Waals surface area contributed by atoms with Gasteiger partial charge in [-0.1, -0.05) is 364 Å². The standard InChI is InChI=1S/4C18H36O2.C2H3FO2.Ti/c4*1-17(2)15-13-11-9-7-5-3-4-6-8-10-12-14-16-18(19)20;3-1-2(4)5;/h4*17H,3-16H2,1-2H3,(H,19,20);1H2,(H,4,5);/q;;;;;+4/p-4. The molecule has 510 valence electrons. The molecule has 0 aliphatic heterocycles. The van der Waals surface area contributed by atoms with E-state index in [2.05, 4.69) is 55.4 Å². The van der Waals surface area contributed by atoms with Gasteiger partial charge in [0.2, 0.25) is 0 Å².